The van der Waals surface area contributed by atoms with Gasteiger partial charge in [0.1, 0.15) is 0 Å². The summed E-state index contributed by atoms with van der Waals surface area (Å²) in [6, 6.07) is 4.45. The summed E-state index contributed by atoms with van der Waals surface area (Å²) in [5, 5.41) is 1.15. The van der Waals surface area contributed by atoms with Crippen LogP contribution in [0.5, 0.6) is 0 Å². The fourth-order valence-corrected chi connectivity index (χ4v) is 6.38. The van der Waals surface area contributed by atoms with E-state index in [1.807, 2.05) is 0 Å². The van der Waals surface area contributed by atoms with Gasteiger partial charge in [0.15, 0.2) is 5.78 Å². The first-order valence-corrected chi connectivity index (χ1v) is 11.5. The minimum Gasteiger partial charge on any atom is -0.385 e. The lowest BCUT2D eigenvalue weighted by Gasteiger charge is -2.53. The molecule has 2 fully saturated rings. The fourth-order valence-electron chi connectivity index (χ4n) is 5.35. The van der Waals surface area contributed by atoms with E-state index in [2.05, 4.69) is 30.9 Å². The summed E-state index contributed by atoms with van der Waals surface area (Å²) in [4.78, 5) is 21.0. The van der Waals surface area contributed by atoms with Crippen LogP contribution in [0.3, 0.4) is 0 Å². The molecule has 150 valence electrons. The molecule has 2 aromatic rings. The van der Waals surface area contributed by atoms with E-state index in [1.165, 1.54) is 18.4 Å². The minimum absolute atomic E-state index is 0.0541. The van der Waals surface area contributed by atoms with Crippen LogP contribution >= 0.6 is 11.3 Å². The molecule has 1 saturated heterocycles. The van der Waals surface area contributed by atoms with Crippen molar-refractivity contribution in [3.8, 4) is 0 Å². The molecule has 3 aliphatic rings. The number of nitrogens with zero attached hydrogens (tertiary/aromatic N) is 2. The Morgan fingerprint density at radius 3 is 2.93 bits per heavy atom. The molecule has 0 amide bonds. The standard InChI is InChI=1S/C23H30N2O2S/c1-14-21-22(26)16-11-19-18(24-20(28-19)5-4-10-27-3)12-17(16)23(14,2)8-9-25(21)13-15-6-7-15/h11-12,14-15,21H,4-10,13H2,1-3H3/t14-,21?,23+/m0/s1. The highest BCUT2D eigenvalue weighted by atomic mass is 32.1. The SMILES string of the molecule is COCCCc1nc2cc3c(cc2s1)C(=O)C1[C@H](C)[C@@]3(C)CCN1CC1CC1. The third-order valence-electron chi connectivity index (χ3n) is 7.44. The Morgan fingerprint density at radius 1 is 1.36 bits per heavy atom. The number of ether oxygens (including phenoxy) is 1. The molecule has 3 atom stereocenters. The Hall–Kier alpha value is -1.30. The van der Waals surface area contributed by atoms with Crippen molar-refractivity contribution in [1.29, 1.82) is 0 Å². The Morgan fingerprint density at radius 2 is 2.18 bits per heavy atom. The van der Waals surface area contributed by atoms with E-state index >= 15 is 0 Å². The molecule has 2 heterocycles. The zero-order chi connectivity index (χ0) is 19.5. The maximum Gasteiger partial charge on any atom is 0.180 e. The molecule has 5 rings (SSSR count). The van der Waals surface area contributed by atoms with Gasteiger partial charge < -0.3 is 4.74 Å². The lowest BCUT2D eigenvalue weighted by Crippen LogP contribution is -2.61. The molecular weight excluding hydrogens is 368 g/mol. The van der Waals surface area contributed by atoms with Crippen LogP contribution in [0, 0.1) is 11.8 Å². The van der Waals surface area contributed by atoms with Gasteiger partial charge in [-0.2, -0.15) is 0 Å². The van der Waals surface area contributed by atoms with Gasteiger partial charge in [-0.05, 0) is 67.2 Å². The maximum absolute atomic E-state index is 13.6. The molecule has 1 aromatic heterocycles. The number of methoxy groups -OCH3 is 1. The average Bonchev–Trinajstić information content (AvgIpc) is 3.40. The van der Waals surface area contributed by atoms with E-state index in [1.54, 1.807) is 18.4 Å². The average molecular weight is 399 g/mol. The Kier molecular flexibility index (Phi) is 4.61. The first kappa shape index (κ1) is 18.7. The quantitative estimate of drug-likeness (QED) is 0.674. The van der Waals surface area contributed by atoms with E-state index in [0.717, 1.165) is 65.7 Å². The first-order chi connectivity index (χ1) is 13.5. The van der Waals surface area contributed by atoms with Crippen molar-refractivity contribution in [3.63, 3.8) is 0 Å². The molecule has 5 heteroatoms. The number of fused-ring (bicyclic) bond motifs is 5. The number of hydrogen-bond donors (Lipinski definition) is 0. The number of aromatic nitrogens is 1. The summed E-state index contributed by atoms with van der Waals surface area (Å²) in [6.07, 6.45) is 5.74. The van der Waals surface area contributed by atoms with Gasteiger partial charge in [-0.1, -0.05) is 13.8 Å². The summed E-state index contributed by atoms with van der Waals surface area (Å²) >= 11 is 1.74. The third-order valence-corrected chi connectivity index (χ3v) is 8.52. The van der Waals surface area contributed by atoms with Crippen LogP contribution < -0.4 is 0 Å². The molecule has 2 aliphatic carbocycles. The summed E-state index contributed by atoms with van der Waals surface area (Å²) in [6.45, 7) is 7.59. The molecular formula is C23H30N2O2S. The van der Waals surface area contributed by atoms with Gasteiger partial charge in [0.2, 0.25) is 0 Å². The molecule has 0 spiro atoms. The minimum atomic E-state index is 0.0541. The number of thiazole rings is 1. The van der Waals surface area contributed by atoms with E-state index in [9.17, 15) is 4.79 Å². The molecule has 1 unspecified atom stereocenters. The normalized spacial score (nSPS) is 30.0. The monoisotopic (exact) mass is 398 g/mol. The number of aryl methyl sites for hydroxylation is 1. The number of likely N-dealkylation sites (tertiary alicyclic amines) is 1. The van der Waals surface area contributed by atoms with Crippen LogP contribution in [0.4, 0.5) is 0 Å². The van der Waals surface area contributed by atoms with Crippen LogP contribution in [0.1, 0.15) is 60.5 Å². The highest BCUT2D eigenvalue weighted by Gasteiger charge is 2.53. The zero-order valence-electron chi connectivity index (χ0n) is 17.2. The highest BCUT2D eigenvalue weighted by molar-refractivity contribution is 7.18. The van der Waals surface area contributed by atoms with Crippen molar-refractivity contribution in [2.24, 2.45) is 11.8 Å². The maximum atomic E-state index is 13.6. The van der Waals surface area contributed by atoms with Crippen molar-refractivity contribution >= 4 is 27.3 Å². The molecule has 1 aromatic carbocycles. The lowest BCUT2D eigenvalue weighted by atomic mass is 9.58. The second-order valence-corrected chi connectivity index (χ2v) is 10.4. The zero-order valence-corrected chi connectivity index (χ0v) is 18.0. The summed E-state index contributed by atoms with van der Waals surface area (Å²) < 4.78 is 6.33. The van der Waals surface area contributed by atoms with Crippen LogP contribution in [-0.4, -0.2) is 48.5 Å². The number of hydrogen-bond acceptors (Lipinski definition) is 5. The topological polar surface area (TPSA) is 42.4 Å². The number of piperidine rings is 1. The molecule has 1 saturated carbocycles. The number of Topliss-reactive ketones (excluding diaryl/α,β-unsaturated/α-hetero) is 1. The Labute approximate surface area is 171 Å². The largest absolute Gasteiger partial charge is 0.385 e. The smallest absolute Gasteiger partial charge is 0.180 e. The summed E-state index contributed by atoms with van der Waals surface area (Å²) in [5.74, 6) is 1.53. The van der Waals surface area contributed by atoms with Gasteiger partial charge >= 0.3 is 0 Å². The summed E-state index contributed by atoms with van der Waals surface area (Å²) in [5.41, 5.74) is 3.35. The molecule has 0 radical (unpaired) electrons. The number of carbonyl (C=O) groups excluding carboxylic acids is 1. The molecule has 4 nitrogen and oxygen atoms in total. The van der Waals surface area contributed by atoms with Crippen LogP contribution in [0.2, 0.25) is 0 Å². The van der Waals surface area contributed by atoms with Gasteiger partial charge in [0.05, 0.1) is 21.3 Å². The van der Waals surface area contributed by atoms with Crippen LogP contribution in [0.15, 0.2) is 12.1 Å². The molecule has 2 bridgehead atoms. The number of benzene rings is 1. The van der Waals surface area contributed by atoms with E-state index < -0.39 is 0 Å². The van der Waals surface area contributed by atoms with Gasteiger partial charge in [-0.3, -0.25) is 9.69 Å². The Bertz CT molecular complexity index is 919. The molecule has 0 N–H and O–H groups in total. The lowest BCUT2D eigenvalue weighted by molar-refractivity contribution is 0.0267. The van der Waals surface area contributed by atoms with Crippen molar-refractivity contribution in [2.75, 3.05) is 26.8 Å². The second kappa shape index (κ2) is 6.89. The van der Waals surface area contributed by atoms with E-state index in [0.29, 0.717) is 11.7 Å². The van der Waals surface area contributed by atoms with Gasteiger partial charge in [-0.25, -0.2) is 4.98 Å². The first-order valence-electron chi connectivity index (χ1n) is 10.7. The summed E-state index contributed by atoms with van der Waals surface area (Å²) in [7, 11) is 1.74. The van der Waals surface area contributed by atoms with E-state index in [4.69, 9.17) is 9.72 Å². The van der Waals surface area contributed by atoms with Gasteiger partial charge in [0, 0.05) is 32.2 Å². The number of carbonyl (C=O) groups is 1. The molecule has 28 heavy (non-hydrogen) atoms. The second-order valence-electron chi connectivity index (χ2n) is 9.27. The molecule has 1 aliphatic heterocycles. The van der Waals surface area contributed by atoms with E-state index in [-0.39, 0.29) is 11.5 Å². The van der Waals surface area contributed by atoms with Gasteiger partial charge in [0.25, 0.3) is 0 Å². The van der Waals surface area contributed by atoms with Crippen molar-refractivity contribution < 1.29 is 9.53 Å². The number of rotatable bonds is 6. The fraction of sp³-hybridized carbons (Fsp3) is 0.652. The third kappa shape index (κ3) is 2.94. The predicted octanol–water partition coefficient (Wildman–Crippen LogP) is 4.45. The van der Waals surface area contributed by atoms with Crippen LogP contribution in [-0.2, 0) is 16.6 Å². The van der Waals surface area contributed by atoms with Crippen LogP contribution in [0.25, 0.3) is 10.2 Å². The Balaban J connectivity index is 1.53. The van der Waals surface area contributed by atoms with Crippen molar-refractivity contribution in [3.05, 3.63) is 28.3 Å². The van der Waals surface area contributed by atoms with Gasteiger partial charge in [-0.15, -0.1) is 11.3 Å². The highest BCUT2D eigenvalue weighted by Crippen LogP contribution is 2.50. The van der Waals surface area contributed by atoms with Crippen molar-refractivity contribution in [1.82, 2.24) is 9.88 Å². The predicted molar refractivity (Wildman–Crippen MR) is 113 cm³/mol. The van der Waals surface area contributed by atoms with Crippen molar-refractivity contribution in [2.45, 2.75) is 57.4 Å². The number of ketones is 1.